The fourth-order valence-electron chi connectivity index (χ4n) is 4.48. The highest BCUT2D eigenvalue weighted by molar-refractivity contribution is 6.32. The van der Waals surface area contributed by atoms with Crippen molar-refractivity contribution in [1.29, 1.82) is 0 Å². The molecule has 13 nitrogen and oxygen atoms in total. The number of hydrogen-bond donors (Lipinski definition) is 4. The summed E-state index contributed by atoms with van der Waals surface area (Å²) in [6, 6.07) is 2.65. The number of ether oxygens (including phenoxy) is 3. The number of nitrogen functional groups attached to an aromatic ring is 1. The number of carboxylic acids is 2. The van der Waals surface area contributed by atoms with Gasteiger partial charge in [0, 0.05) is 6.42 Å². The van der Waals surface area contributed by atoms with Gasteiger partial charge in [-0.05, 0) is 29.3 Å². The molecule has 3 heterocycles. The molecule has 1 saturated carbocycles. The Balaban J connectivity index is 1.41. The fourth-order valence-corrected chi connectivity index (χ4v) is 4.81. The molecule has 5 rings (SSSR count). The number of nitrogens with two attached hydrogens (primary N) is 1. The number of alkyl halides is 4. The van der Waals surface area contributed by atoms with E-state index in [0.29, 0.717) is 6.07 Å². The number of aliphatic carboxylic acids is 2. The number of rotatable bonds is 8. The molecule has 1 aliphatic carbocycles. The average Bonchev–Trinajstić information content (AvgIpc) is 3.09. The maximum absolute atomic E-state index is 15.6. The number of anilines is 1. The second-order valence-corrected chi connectivity index (χ2v) is 9.65. The number of benzene rings is 1. The molecule has 2 aliphatic rings. The molecule has 214 valence electrons. The van der Waals surface area contributed by atoms with E-state index in [1.165, 1.54) is 0 Å². The summed E-state index contributed by atoms with van der Waals surface area (Å²) >= 11 is 11.5. The summed E-state index contributed by atoms with van der Waals surface area (Å²) in [4.78, 5) is 35.9. The van der Waals surface area contributed by atoms with Crippen molar-refractivity contribution in [3.8, 4) is 5.75 Å². The molecule has 19 heteroatoms. The summed E-state index contributed by atoms with van der Waals surface area (Å²) in [5, 5.41) is 29.8. The maximum Gasteiger partial charge on any atom is 0.573 e. The highest BCUT2D eigenvalue weighted by Gasteiger charge is 2.80. The number of fused-ring (bicyclic) bond motifs is 2. The lowest BCUT2D eigenvalue weighted by Gasteiger charge is -2.29. The summed E-state index contributed by atoms with van der Waals surface area (Å²) in [7, 11) is 0. The SMILES string of the molecule is Nc1nc(Cl)nc2c1ncn2[C@@H]1O[C@@H]2C(OC(Cc3ccc(Cl)c(OC(F)(F)F)c3)(C(=O)O)C(=O)O)[C@]2(O)[C@@H]1F. The molecule has 1 saturated heterocycles. The third-order valence-corrected chi connectivity index (χ3v) is 6.93. The van der Waals surface area contributed by atoms with Gasteiger partial charge in [-0.3, -0.25) is 4.57 Å². The molecule has 0 spiro atoms. The third-order valence-electron chi connectivity index (χ3n) is 6.44. The Labute approximate surface area is 229 Å². The van der Waals surface area contributed by atoms with Gasteiger partial charge in [-0.15, -0.1) is 13.2 Å². The minimum Gasteiger partial charge on any atom is -0.479 e. The van der Waals surface area contributed by atoms with Gasteiger partial charge in [0.25, 0.3) is 5.60 Å². The first-order chi connectivity index (χ1) is 18.6. The molecule has 1 aliphatic heterocycles. The Hall–Kier alpha value is -3.51. The van der Waals surface area contributed by atoms with E-state index in [0.717, 1.165) is 23.0 Å². The lowest BCUT2D eigenvalue weighted by Crippen LogP contribution is -2.53. The molecule has 2 fully saturated rings. The van der Waals surface area contributed by atoms with Crippen LogP contribution < -0.4 is 10.5 Å². The van der Waals surface area contributed by atoms with Crippen LogP contribution in [0.3, 0.4) is 0 Å². The summed E-state index contributed by atoms with van der Waals surface area (Å²) in [5.74, 6) is -5.22. The van der Waals surface area contributed by atoms with Gasteiger partial charge in [-0.25, -0.2) is 19.0 Å². The van der Waals surface area contributed by atoms with E-state index < -0.39 is 71.3 Å². The predicted molar refractivity (Wildman–Crippen MR) is 123 cm³/mol. The van der Waals surface area contributed by atoms with E-state index in [9.17, 15) is 38.1 Å². The van der Waals surface area contributed by atoms with Gasteiger partial charge in [0.1, 0.15) is 23.5 Å². The third kappa shape index (κ3) is 4.43. The molecule has 0 radical (unpaired) electrons. The van der Waals surface area contributed by atoms with E-state index in [1.54, 1.807) is 0 Å². The molecule has 1 unspecified atom stereocenters. The first-order valence-corrected chi connectivity index (χ1v) is 11.7. The van der Waals surface area contributed by atoms with Gasteiger partial charge in [0.05, 0.1) is 11.3 Å². The molecule has 5 atom stereocenters. The quantitative estimate of drug-likeness (QED) is 0.165. The smallest absolute Gasteiger partial charge is 0.479 e. The Morgan fingerprint density at radius 2 is 1.88 bits per heavy atom. The highest BCUT2D eigenvalue weighted by Crippen LogP contribution is 2.58. The number of halogens is 6. The number of aromatic nitrogens is 4. The Bertz CT molecular complexity index is 1530. The monoisotopic (exact) mass is 611 g/mol. The maximum atomic E-state index is 15.6. The van der Waals surface area contributed by atoms with Crippen LogP contribution in [0.2, 0.25) is 10.3 Å². The van der Waals surface area contributed by atoms with Crippen molar-refractivity contribution in [2.24, 2.45) is 0 Å². The number of hydrogen-bond acceptors (Lipinski definition) is 10. The Morgan fingerprint density at radius 3 is 2.45 bits per heavy atom. The van der Waals surface area contributed by atoms with Crippen LogP contribution in [0, 0.1) is 0 Å². The van der Waals surface area contributed by atoms with Crippen molar-refractivity contribution in [2.45, 2.75) is 48.6 Å². The summed E-state index contributed by atoms with van der Waals surface area (Å²) in [5.41, 5.74) is -0.273. The zero-order valence-electron chi connectivity index (χ0n) is 19.3. The minimum absolute atomic E-state index is 0.0439. The summed E-state index contributed by atoms with van der Waals surface area (Å²) < 4.78 is 69.3. The Kier molecular flexibility index (Phi) is 6.50. The topological polar surface area (TPSA) is 192 Å². The predicted octanol–water partition coefficient (Wildman–Crippen LogP) is 2.13. The van der Waals surface area contributed by atoms with Crippen molar-refractivity contribution < 1.29 is 56.7 Å². The van der Waals surface area contributed by atoms with Crippen molar-refractivity contribution in [3.63, 3.8) is 0 Å². The number of imidazole rings is 1. The van der Waals surface area contributed by atoms with Crippen molar-refractivity contribution in [3.05, 3.63) is 40.4 Å². The van der Waals surface area contributed by atoms with E-state index in [1.807, 2.05) is 0 Å². The normalized spacial score (nSPS) is 26.1. The summed E-state index contributed by atoms with van der Waals surface area (Å²) in [6.45, 7) is 0. The molecule has 40 heavy (non-hydrogen) atoms. The summed E-state index contributed by atoms with van der Waals surface area (Å²) in [6.07, 6.45) is -12.4. The van der Waals surface area contributed by atoms with Crippen molar-refractivity contribution >= 4 is 52.1 Å². The number of carboxylic acid groups (broad SMARTS) is 2. The first kappa shape index (κ1) is 28.0. The lowest BCUT2D eigenvalue weighted by molar-refractivity contribution is -0.274. The Morgan fingerprint density at radius 1 is 1.20 bits per heavy atom. The molecule has 2 aromatic heterocycles. The zero-order chi connectivity index (χ0) is 29.4. The molecular weight excluding hydrogens is 597 g/mol. The van der Waals surface area contributed by atoms with Crippen LogP contribution in [-0.2, 0) is 25.5 Å². The van der Waals surface area contributed by atoms with Gasteiger partial charge in [-0.2, -0.15) is 9.97 Å². The van der Waals surface area contributed by atoms with Gasteiger partial charge in [0.2, 0.25) is 5.28 Å². The van der Waals surface area contributed by atoms with Crippen molar-refractivity contribution in [1.82, 2.24) is 19.5 Å². The van der Waals surface area contributed by atoms with E-state index in [-0.39, 0.29) is 27.8 Å². The minimum atomic E-state index is -5.15. The zero-order valence-corrected chi connectivity index (χ0v) is 20.9. The van der Waals surface area contributed by atoms with E-state index >= 15 is 4.39 Å². The van der Waals surface area contributed by atoms with Crippen LogP contribution in [0.4, 0.5) is 23.4 Å². The van der Waals surface area contributed by atoms with Crippen LogP contribution >= 0.6 is 23.2 Å². The second kappa shape index (κ2) is 9.27. The first-order valence-electron chi connectivity index (χ1n) is 10.9. The number of aliphatic hydroxyl groups is 1. The molecule has 1 aromatic carbocycles. The van der Waals surface area contributed by atoms with Gasteiger partial charge < -0.3 is 35.3 Å². The molecule has 5 N–H and O–H groups in total. The number of carbonyl (C=O) groups is 2. The molecule has 0 bridgehead atoms. The van der Waals surface area contributed by atoms with Crippen LogP contribution in [-0.4, -0.2) is 82.7 Å². The highest BCUT2D eigenvalue weighted by atomic mass is 35.5. The van der Waals surface area contributed by atoms with Crippen LogP contribution in [0.5, 0.6) is 5.75 Å². The molecule has 3 aromatic rings. The standard InChI is InChI=1S/C21H15Cl2F4N5O8/c22-7-2-1-6(3-8(7)39-21(25,26)27)4-19(16(33)34,17(35)36)40-12-11-20(12,37)10(24)15(38-11)32-5-29-9-13(28)30-18(23)31-14(9)32/h1-3,5,10-12,15,37H,4H2,(H,33,34)(H,35,36)(H2,28,30,31)/t10-,11-,12?,15-,20+/m1/s1. The van der Waals surface area contributed by atoms with E-state index in [4.69, 9.17) is 38.4 Å². The van der Waals surface area contributed by atoms with Crippen molar-refractivity contribution in [2.75, 3.05) is 5.73 Å². The molecule has 0 amide bonds. The lowest BCUT2D eigenvalue weighted by atomic mass is 9.94. The van der Waals surface area contributed by atoms with Crippen LogP contribution in [0.25, 0.3) is 11.2 Å². The second-order valence-electron chi connectivity index (χ2n) is 8.90. The van der Waals surface area contributed by atoms with Gasteiger partial charge in [0.15, 0.2) is 29.5 Å². The van der Waals surface area contributed by atoms with Crippen LogP contribution in [0.1, 0.15) is 11.8 Å². The van der Waals surface area contributed by atoms with E-state index in [2.05, 4.69) is 19.7 Å². The van der Waals surface area contributed by atoms with Gasteiger partial charge in [-0.1, -0.05) is 17.7 Å². The fraction of sp³-hybridized carbons (Fsp3) is 0.381. The molecular formula is C21H15Cl2F4N5O8. The number of nitrogens with zero attached hydrogens (tertiary/aromatic N) is 4. The van der Waals surface area contributed by atoms with Crippen LogP contribution in [0.15, 0.2) is 24.5 Å². The van der Waals surface area contributed by atoms with Gasteiger partial charge >= 0.3 is 18.3 Å². The average molecular weight is 612 g/mol. The largest absolute Gasteiger partial charge is 0.573 e.